The second-order valence-corrected chi connectivity index (χ2v) is 9.73. The van der Waals surface area contributed by atoms with E-state index in [4.69, 9.17) is 10.5 Å². The number of rotatable bonds is 7. The third-order valence-electron chi connectivity index (χ3n) is 5.07. The first-order chi connectivity index (χ1) is 16.3. The number of carbonyl (C=O) groups excluding carboxylic acids is 3. The molecule has 4 rings (SSSR count). The first-order valence-corrected chi connectivity index (χ1v) is 12.2. The first-order valence-electron chi connectivity index (χ1n) is 10.4. The lowest BCUT2D eigenvalue weighted by Crippen LogP contribution is -2.70. The number of anilines is 1. The molecule has 0 saturated carbocycles. The molecule has 2 heterocycles. The van der Waals surface area contributed by atoms with Crippen molar-refractivity contribution in [1.29, 1.82) is 0 Å². The standard InChI is InChI=1S/C22H24N6O4S2/c1-11-3-8-14-15(9-11)34-22(24-14)25-16(29)10-33-21-27-18(23)17(20(31)28-21)26-19(30)12-4-6-13(32-2)7-5-12/h3-9,17-18,21,27H,10,23H2,1-2H3,(H,26,30)(H,28,31)(H,24,25,29). The van der Waals surface area contributed by atoms with Crippen LogP contribution in [0.3, 0.4) is 0 Å². The van der Waals surface area contributed by atoms with Gasteiger partial charge in [-0.2, -0.15) is 0 Å². The van der Waals surface area contributed by atoms with Gasteiger partial charge in [0.1, 0.15) is 17.3 Å². The van der Waals surface area contributed by atoms with Crippen LogP contribution in [-0.2, 0) is 9.59 Å². The monoisotopic (exact) mass is 500 g/mol. The van der Waals surface area contributed by atoms with Crippen molar-refractivity contribution >= 4 is 56.2 Å². The summed E-state index contributed by atoms with van der Waals surface area (Å²) >= 11 is 2.58. The van der Waals surface area contributed by atoms with E-state index in [-0.39, 0.29) is 11.7 Å². The quantitative estimate of drug-likeness (QED) is 0.327. The third kappa shape index (κ3) is 5.65. The number of nitrogens with zero attached hydrogens (tertiary/aromatic N) is 1. The van der Waals surface area contributed by atoms with E-state index in [1.54, 1.807) is 24.3 Å². The molecule has 10 nitrogen and oxygen atoms in total. The molecule has 0 aliphatic carbocycles. The van der Waals surface area contributed by atoms with Crippen LogP contribution in [0.25, 0.3) is 10.2 Å². The Kier molecular flexibility index (Phi) is 7.32. The van der Waals surface area contributed by atoms with Crippen LogP contribution in [-0.4, -0.2) is 53.3 Å². The van der Waals surface area contributed by atoms with E-state index in [0.717, 1.165) is 15.8 Å². The number of nitrogens with one attached hydrogen (secondary N) is 4. The summed E-state index contributed by atoms with van der Waals surface area (Å²) in [4.78, 5) is 41.8. The Hall–Kier alpha value is -3.19. The molecule has 1 aliphatic rings. The van der Waals surface area contributed by atoms with Crippen molar-refractivity contribution in [1.82, 2.24) is 20.9 Å². The van der Waals surface area contributed by atoms with E-state index in [0.29, 0.717) is 16.4 Å². The molecule has 6 N–H and O–H groups in total. The summed E-state index contributed by atoms with van der Waals surface area (Å²) in [7, 11) is 1.53. The highest BCUT2D eigenvalue weighted by molar-refractivity contribution is 8.00. The molecule has 0 bridgehead atoms. The summed E-state index contributed by atoms with van der Waals surface area (Å²) in [5, 5.41) is 11.7. The van der Waals surface area contributed by atoms with Gasteiger partial charge < -0.3 is 26.4 Å². The van der Waals surface area contributed by atoms with Gasteiger partial charge in [0.25, 0.3) is 5.91 Å². The van der Waals surface area contributed by atoms with Crippen molar-refractivity contribution in [3.05, 3.63) is 53.6 Å². The number of thioether (sulfide) groups is 1. The third-order valence-corrected chi connectivity index (χ3v) is 7.02. The zero-order valence-electron chi connectivity index (χ0n) is 18.5. The van der Waals surface area contributed by atoms with Crippen molar-refractivity contribution in [2.75, 3.05) is 18.2 Å². The molecular formula is C22H24N6O4S2. The van der Waals surface area contributed by atoms with Crippen LogP contribution in [0.2, 0.25) is 0 Å². The highest BCUT2D eigenvalue weighted by Crippen LogP contribution is 2.27. The van der Waals surface area contributed by atoms with E-state index >= 15 is 0 Å². The van der Waals surface area contributed by atoms with Gasteiger partial charge in [0, 0.05) is 5.56 Å². The summed E-state index contributed by atoms with van der Waals surface area (Å²) in [6.07, 6.45) is -0.830. The van der Waals surface area contributed by atoms with Gasteiger partial charge in [0.05, 0.1) is 29.2 Å². The second-order valence-electron chi connectivity index (χ2n) is 7.61. The summed E-state index contributed by atoms with van der Waals surface area (Å²) in [6, 6.07) is 11.4. The van der Waals surface area contributed by atoms with Gasteiger partial charge in [-0.1, -0.05) is 17.4 Å². The number of ether oxygens (including phenoxy) is 1. The Labute approximate surface area is 204 Å². The predicted molar refractivity (Wildman–Crippen MR) is 133 cm³/mol. The number of hydrogen-bond donors (Lipinski definition) is 5. The van der Waals surface area contributed by atoms with E-state index in [1.807, 2.05) is 25.1 Å². The number of aromatic nitrogens is 1. The Morgan fingerprint density at radius 1 is 1.24 bits per heavy atom. The summed E-state index contributed by atoms with van der Waals surface area (Å²) in [5.74, 6) is -0.431. The Balaban J connectivity index is 1.27. The van der Waals surface area contributed by atoms with Crippen LogP contribution in [0.4, 0.5) is 5.13 Å². The molecule has 2 aromatic carbocycles. The van der Waals surface area contributed by atoms with Gasteiger partial charge in [-0.25, -0.2) is 4.98 Å². The highest BCUT2D eigenvalue weighted by Gasteiger charge is 2.35. The normalized spacial score (nSPS) is 20.0. The fourth-order valence-corrected chi connectivity index (χ4v) is 5.13. The molecule has 1 aromatic heterocycles. The minimum absolute atomic E-state index is 0.0719. The number of aryl methyl sites for hydroxylation is 1. The molecule has 178 valence electrons. The number of carbonyl (C=O) groups is 3. The Morgan fingerprint density at radius 3 is 2.71 bits per heavy atom. The maximum Gasteiger partial charge on any atom is 0.252 e. The molecule has 3 amide bonds. The lowest BCUT2D eigenvalue weighted by atomic mass is 10.1. The van der Waals surface area contributed by atoms with Crippen molar-refractivity contribution < 1.29 is 19.1 Å². The topological polar surface area (TPSA) is 147 Å². The number of methoxy groups -OCH3 is 1. The summed E-state index contributed by atoms with van der Waals surface area (Å²) in [5.41, 5.74) is 7.83. The van der Waals surface area contributed by atoms with Gasteiger partial charge in [-0.05, 0) is 48.9 Å². The van der Waals surface area contributed by atoms with Crippen LogP contribution in [0.15, 0.2) is 42.5 Å². The molecule has 1 fully saturated rings. The lowest BCUT2D eigenvalue weighted by Gasteiger charge is -2.35. The molecule has 12 heteroatoms. The van der Waals surface area contributed by atoms with E-state index < -0.39 is 29.5 Å². The van der Waals surface area contributed by atoms with Gasteiger partial charge >= 0.3 is 0 Å². The van der Waals surface area contributed by atoms with E-state index in [2.05, 4.69) is 26.3 Å². The minimum Gasteiger partial charge on any atom is -0.497 e. The molecule has 3 atom stereocenters. The molecular weight excluding hydrogens is 476 g/mol. The number of amides is 3. The number of thiazole rings is 1. The lowest BCUT2D eigenvalue weighted by molar-refractivity contribution is -0.125. The van der Waals surface area contributed by atoms with Crippen LogP contribution in [0, 0.1) is 6.92 Å². The van der Waals surface area contributed by atoms with Crippen molar-refractivity contribution in [3.63, 3.8) is 0 Å². The van der Waals surface area contributed by atoms with Gasteiger partial charge in [-0.3, -0.25) is 19.7 Å². The Morgan fingerprint density at radius 2 is 2.00 bits per heavy atom. The first kappa shape index (κ1) is 24.0. The second kappa shape index (κ2) is 10.4. The molecule has 34 heavy (non-hydrogen) atoms. The highest BCUT2D eigenvalue weighted by atomic mass is 32.2. The number of hydrogen-bond acceptors (Lipinski definition) is 9. The summed E-state index contributed by atoms with van der Waals surface area (Å²) in [6.45, 7) is 2.00. The average Bonchev–Trinajstić information content (AvgIpc) is 3.21. The largest absolute Gasteiger partial charge is 0.497 e. The number of nitrogens with two attached hydrogens (primary N) is 1. The fraction of sp³-hybridized carbons (Fsp3) is 0.273. The maximum absolute atomic E-state index is 12.6. The maximum atomic E-state index is 12.6. The average molecular weight is 501 g/mol. The SMILES string of the molecule is COc1ccc(C(=O)NC2C(=O)NC(SCC(=O)Nc3nc4ccc(C)cc4s3)NC2N)cc1. The van der Waals surface area contributed by atoms with Crippen LogP contribution in [0.5, 0.6) is 5.75 Å². The minimum atomic E-state index is -0.966. The zero-order chi connectivity index (χ0) is 24.2. The van der Waals surface area contributed by atoms with Gasteiger partial charge in [0.2, 0.25) is 11.8 Å². The molecule has 1 saturated heterocycles. The molecule has 3 unspecified atom stereocenters. The molecule has 0 radical (unpaired) electrons. The van der Waals surface area contributed by atoms with Gasteiger partial charge in [0.15, 0.2) is 5.13 Å². The smallest absolute Gasteiger partial charge is 0.252 e. The molecule has 3 aromatic rings. The van der Waals surface area contributed by atoms with Crippen molar-refractivity contribution in [2.45, 2.75) is 24.6 Å². The molecule has 0 spiro atoms. The van der Waals surface area contributed by atoms with Crippen LogP contribution in [0.1, 0.15) is 15.9 Å². The van der Waals surface area contributed by atoms with Crippen molar-refractivity contribution in [3.8, 4) is 5.75 Å². The predicted octanol–water partition coefficient (Wildman–Crippen LogP) is 1.37. The number of benzene rings is 2. The van der Waals surface area contributed by atoms with E-state index in [1.165, 1.54) is 30.2 Å². The summed E-state index contributed by atoms with van der Waals surface area (Å²) < 4.78 is 6.07. The van der Waals surface area contributed by atoms with E-state index in [9.17, 15) is 14.4 Å². The van der Waals surface area contributed by atoms with Crippen LogP contribution < -0.4 is 31.7 Å². The zero-order valence-corrected chi connectivity index (χ0v) is 20.1. The number of fused-ring (bicyclic) bond motifs is 1. The Bertz CT molecular complexity index is 1220. The molecule has 1 aliphatic heterocycles. The fourth-order valence-electron chi connectivity index (χ4n) is 3.31. The van der Waals surface area contributed by atoms with Gasteiger partial charge in [-0.15, -0.1) is 11.8 Å². The van der Waals surface area contributed by atoms with Crippen molar-refractivity contribution in [2.24, 2.45) is 5.73 Å². The van der Waals surface area contributed by atoms with Crippen LogP contribution >= 0.6 is 23.1 Å².